The quantitative estimate of drug-likeness (QED) is 0.719. The number of hydrogen-bond acceptors (Lipinski definition) is 2. The number of hydrogen-bond donors (Lipinski definition) is 3. The highest BCUT2D eigenvalue weighted by Gasteiger charge is 2.25. The van der Waals surface area contributed by atoms with Crippen LogP contribution in [-0.2, 0) is 12.8 Å². The first kappa shape index (κ1) is 16.7. The second kappa shape index (κ2) is 7.58. The van der Waals surface area contributed by atoms with Crippen molar-refractivity contribution in [3.8, 4) is 5.75 Å². The second-order valence-corrected chi connectivity index (χ2v) is 6.48. The summed E-state index contributed by atoms with van der Waals surface area (Å²) >= 11 is 6.20. The molecule has 5 heteroatoms. The smallest absolute Gasteiger partial charge is 0.315 e. The molecule has 0 fully saturated rings. The number of phenols is 1. The van der Waals surface area contributed by atoms with Crippen LogP contribution < -0.4 is 10.6 Å². The van der Waals surface area contributed by atoms with Gasteiger partial charge in [0.1, 0.15) is 5.75 Å². The fraction of sp³-hybridized carbons (Fsp3) is 0.316. The van der Waals surface area contributed by atoms with Gasteiger partial charge in [0.2, 0.25) is 0 Å². The van der Waals surface area contributed by atoms with Gasteiger partial charge in [0.25, 0.3) is 0 Å². The molecule has 1 atom stereocenters. The van der Waals surface area contributed by atoms with Crippen LogP contribution >= 0.6 is 11.6 Å². The van der Waals surface area contributed by atoms with Gasteiger partial charge < -0.3 is 15.7 Å². The SMILES string of the molecule is O=C(NCCCc1ccc(O)cc1)NC1CCc2c(Cl)cccc21. The molecule has 3 rings (SSSR count). The predicted molar refractivity (Wildman–Crippen MR) is 95.5 cm³/mol. The Morgan fingerprint density at radius 1 is 1.21 bits per heavy atom. The Labute approximate surface area is 146 Å². The molecular formula is C19H21ClN2O2. The molecule has 0 saturated carbocycles. The Balaban J connectivity index is 1.42. The lowest BCUT2D eigenvalue weighted by Crippen LogP contribution is -2.37. The minimum atomic E-state index is -0.140. The molecule has 0 heterocycles. The molecule has 0 spiro atoms. The summed E-state index contributed by atoms with van der Waals surface area (Å²) in [5, 5.41) is 16.0. The van der Waals surface area contributed by atoms with Crippen LogP contribution in [-0.4, -0.2) is 17.7 Å². The summed E-state index contributed by atoms with van der Waals surface area (Å²) in [7, 11) is 0. The zero-order valence-corrected chi connectivity index (χ0v) is 14.1. The minimum absolute atomic E-state index is 0.0378. The fourth-order valence-corrected chi connectivity index (χ4v) is 3.40. The Hall–Kier alpha value is -2.20. The first-order chi connectivity index (χ1) is 11.6. The molecule has 0 aromatic heterocycles. The number of amides is 2. The van der Waals surface area contributed by atoms with E-state index < -0.39 is 0 Å². The van der Waals surface area contributed by atoms with Crippen LogP contribution in [0.5, 0.6) is 5.75 Å². The van der Waals surface area contributed by atoms with E-state index in [1.165, 1.54) is 0 Å². The van der Waals surface area contributed by atoms with E-state index in [1.807, 2.05) is 30.3 Å². The third-order valence-electron chi connectivity index (χ3n) is 4.38. The van der Waals surface area contributed by atoms with Gasteiger partial charge in [-0.2, -0.15) is 0 Å². The van der Waals surface area contributed by atoms with Crippen molar-refractivity contribution in [2.24, 2.45) is 0 Å². The molecule has 0 radical (unpaired) electrons. The van der Waals surface area contributed by atoms with Crippen molar-refractivity contribution in [2.75, 3.05) is 6.54 Å². The first-order valence-corrected chi connectivity index (χ1v) is 8.61. The number of aromatic hydroxyl groups is 1. The fourth-order valence-electron chi connectivity index (χ4n) is 3.13. The molecule has 1 aliphatic rings. The zero-order valence-electron chi connectivity index (χ0n) is 13.4. The number of nitrogens with one attached hydrogen (secondary N) is 2. The molecule has 2 aromatic carbocycles. The van der Waals surface area contributed by atoms with Gasteiger partial charge in [-0.25, -0.2) is 4.79 Å². The summed E-state index contributed by atoms with van der Waals surface area (Å²) in [6.45, 7) is 0.613. The van der Waals surface area contributed by atoms with Crippen LogP contribution in [0.15, 0.2) is 42.5 Å². The summed E-state index contributed by atoms with van der Waals surface area (Å²) in [6, 6.07) is 12.9. The van der Waals surface area contributed by atoms with Crippen molar-refractivity contribution in [2.45, 2.75) is 31.7 Å². The largest absolute Gasteiger partial charge is 0.508 e. The predicted octanol–water partition coefficient (Wildman–Crippen LogP) is 3.96. The summed E-state index contributed by atoms with van der Waals surface area (Å²) in [6.07, 6.45) is 3.51. The Bertz CT molecular complexity index is 716. The number of fused-ring (bicyclic) bond motifs is 1. The highest BCUT2D eigenvalue weighted by molar-refractivity contribution is 6.31. The second-order valence-electron chi connectivity index (χ2n) is 6.07. The van der Waals surface area contributed by atoms with Crippen molar-refractivity contribution in [1.82, 2.24) is 10.6 Å². The summed E-state index contributed by atoms with van der Waals surface area (Å²) in [5.41, 5.74) is 3.42. The van der Waals surface area contributed by atoms with Gasteiger partial charge in [-0.3, -0.25) is 0 Å². The van der Waals surface area contributed by atoms with Crippen molar-refractivity contribution in [3.05, 3.63) is 64.2 Å². The third-order valence-corrected chi connectivity index (χ3v) is 4.74. The van der Waals surface area contributed by atoms with Gasteiger partial charge in [-0.1, -0.05) is 35.9 Å². The number of phenolic OH excluding ortho intramolecular Hbond substituents is 1. The molecule has 126 valence electrons. The number of rotatable bonds is 5. The monoisotopic (exact) mass is 344 g/mol. The summed E-state index contributed by atoms with van der Waals surface area (Å²) < 4.78 is 0. The van der Waals surface area contributed by atoms with E-state index >= 15 is 0 Å². The Kier molecular flexibility index (Phi) is 5.26. The van der Waals surface area contributed by atoms with Crippen molar-refractivity contribution < 1.29 is 9.90 Å². The van der Waals surface area contributed by atoms with E-state index in [4.69, 9.17) is 11.6 Å². The third kappa shape index (κ3) is 4.01. The maximum atomic E-state index is 12.1. The van der Waals surface area contributed by atoms with E-state index in [2.05, 4.69) is 10.6 Å². The lowest BCUT2D eigenvalue weighted by Gasteiger charge is -2.15. The van der Waals surface area contributed by atoms with Crippen molar-refractivity contribution >= 4 is 17.6 Å². The van der Waals surface area contributed by atoms with Gasteiger partial charge in [0.15, 0.2) is 0 Å². The highest BCUT2D eigenvalue weighted by Crippen LogP contribution is 2.35. The lowest BCUT2D eigenvalue weighted by atomic mass is 10.1. The number of carbonyl (C=O) groups is 1. The topological polar surface area (TPSA) is 61.4 Å². The lowest BCUT2D eigenvalue weighted by molar-refractivity contribution is 0.237. The molecule has 1 aliphatic carbocycles. The summed E-state index contributed by atoms with van der Waals surface area (Å²) in [4.78, 5) is 12.1. The van der Waals surface area contributed by atoms with E-state index in [-0.39, 0.29) is 17.8 Å². The highest BCUT2D eigenvalue weighted by atomic mass is 35.5. The van der Waals surface area contributed by atoms with Crippen LogP contribution in [0.4, 0.5) is 4.79 Å². The van der Waals surface area contributed by atoms with E-state index in [0.717, 1.165) is 47.4 Å². The molecule has 0 saturated heterocycles. The molecule has 0 aliphatic heterocycles. The van der Waals surface area contributed by atoms with Crippen LogP contribution in [0, 0.1) is 0 Å². The van der Waals surface area contributed by atoms with Crippen molar-refractivity contribution in [1.29, 1.82) is 0 Å². The van der Waals surface area contributed by atoms with E-state index in [0.29, 0.717) is 6.54 Å². The van der Waals surface area contributed by atoms with Gasteiger partial charge in [0.05, 0.1) is 6.04 Å². The average Bonchev–Trinajstić information content (AvgIpc) is 2.98. The Morgan fingerprint density at radius 2 is 2.00 bits per heavy atom. The van der Waals surface area contributed by atoms with Gasteiger partial charge in [-0.05, 0) is 60.6 Å². The number of aryl methyl sites for hydroxylation is 1. The first-order valence-electron chi connectivity index (χ1n) is 8.23. The van der Waals surface area contributed by atoms with Gasteiger partial charge in [0, 0.05) is 11.6 Å². The number of urea groups is 1. The molecule has 2 aromatic rings. The Morgan fingerprint density at radius 3 is 2.79 bits per heavy atom. The van der Waals surface area contributed by atoms with Crippen LogP contribution in [0.3, 0.4) is 0 Å². The molecule has 2 amide bonds. The number of benzene rings is 2. The molecule has 1 unspecified atom stereocenters. The van der Waals surface area contributed by atoms with Gasteiger partial charge >= 0.3 is 6.03 Å². The van der Waals surface area contributed by atoms with E-state index in [1.54, 1.807) is 12.1 Å². The zero-order chi connectivity index (χ0) is 16.9. The van der Waals surface area contributed by atoms with Gasteiger partial charge in [-0.15, -0.1) is 0 Å². The van der Waals surface area contributed by atoms with Crippen LogP contribution in [0.1, 0.15) is 35.6 Å². The molecule has 0 bridgehead atoms. The standard InChI is InChI=1S/C19H21ClN2O2/c20-17-5-1-4-16-15(17)10-11-18(16)22-19(24)21-12-2-3-13-6-8-14(23)9-7-13/h1,4-9,18,23H,2-3,10-12H2,(H2,21,22,24). The van der Waals surface area contributed by atoms with Crippen LogP contribution in [0.25, 0.3) is 0 Å². The minimum Gasteiger partial charge on any atom is -0.508 e. The molecule has 3 N–H and O–H groups in total. The summed E-state index contributed by atoms with van der Waals surface area (Å²) in [5.74, 6) is 0.271. The van der Waals surface area contributed by atoms with Crippen LogP contribution in [0.2, 0.25) is 5.02 Å². The molecule has 4 nitrogen and oxygen atoms in total. The normalized spacial score (nSPS) is 15.8. The molecule has 24 heavy (non-hydrogen) atoms. The van der Waals surface area contributed by atoms with E-state index in [9.17, 15) is 9.90 Å². The average molecular weight is 345 g/mol. The maximum absolute atomic E-state index is 12.1. The number of carbonyl (C=O) groups excluding carboxylic acids is 1. The molecular weight excluding hydrogens is 324 g/mol. The van der Waals surface area contributed by atoms with Crippen molar-refractivity contribution in [3.63, 3.8) is 0 Å². The maximum Gasteiger partial charge on any atom is 0.315 e. The number of halogens is 1.